The number of nitrogens with zero attached hydrogens (tertiary/aromatic N) is 1. The maximum absolute atomic E-state index is 13.6. The van der Waals surface area contributed by atoms with Crippen LogP contribution < -0.4 is 16.0 Å². The van der Waals surface area contributed by atoms with Gasteiger partial charge in [-0.2, -0.15) is 0 Å². The minimum Gasteiger partial charge on any atom is -0.347 e. The number of hydrogen-bond donors (Lipinski definition) is 3. The lowest BCUT2D eigenvalue weighted by Gasteiger charge is -2.32. The highest BCUT2D eigenvalue weighted by Crippen LogP contribution is 2.20. The highest BCUT2D eigenvalue weighted by Gasteiger charge is 2.28. The van der Waals surface area contributed by atoms with Crippen molar-refractivity contribution in [3.63, 3.8) is 0 Å². The van der Waals surface area contributed by atoms with Crippen molar-refractivity contribution in [3.05, 3.63) is 59.4 Å². The molecule has 0 aromatic heterocycles. The van der Waals surface area contributed by atoms with Gasteiger partial charge in [0.05, 0.1) is 18.2 Å². The molecule has 4 amide bonds. The van der Waals surface area contributed by atoms with Crippen molar-refractivity contribution in [3.8, 4) is 0 Å². The minimum absolute atomic E-state index is 0.183. The number of anilines is 2. The monoisotopic (exact) mass is 448 g/mol. The lowest BCUT2D eigenvalue weighted by Crippen LogP contribution is -2.47. The summed E-state index contributed by atoms with van der Waals surface area (Å²) in [6.45, 7) is 2.11. The summed E-state index contributed by atoms with van der Waals surface area (Å²) >= 11 is 0. The number of aryl methyl sites for hydroxylation is 1. The van der Waals surface area contributed by atoms with Gasteiger partial charge in [-0.15, -0.1) is 0 Å². The van der Waals surface area contributed by atoms with Gasteiger partial charge in [-0.3, -0.25) is 9.59 Å². The van der Waals surface area contributed by atoms with E-state index in [-0.39, 0.29) is 12.6 Å². The van der Waals surface area contributed by atoms with Crippen LogP contribution >= 0.6 is 0 Å². The fraction of sp³-hybridized carbons (Fsp3) is 0.318. The lowest BCUT2D eigenvalue weighted by molar-refractivity contribution is -0.128. The van der Waals surface area contributed by atoms with Gasteiger partial charge in [0.25, 0.3) is 0 Å². The maximum atomic E-state index is 13.6. The summed E-state index contributed by atoms with van der Waals surface area (Å²) in [5.74, 6) is -6.33. The Morgan fingerprint density at radius 1 is 1.06 bits per heavy atom. The van der Waals surface area contributed by atoms with E-state index in [1.807, 2.05) is 25.1 Å². The van der Waals surface area contributed by atoms with Crippen LogP contribution in [-0.4, -0.2) is 42.4 Å². The fourth-order valence-corrected chi connectivity index (χ4v) is 3.43. The number of benzene rings is 2. The van der Waals surface area contributed by atoms with Gasteiger partial charge in [0.1, 0.15) is 0 Å². The van der Waals surface area contributed by atoms with E-state index in [1.54, 1.807) is 6.07 Å². The number of carbonyl (C=O) groups is 3. The Kier molecular flexibility index (Phi) is 7.34. The van der Waals surface area contributed by atoms with Gasteiger partial charge in [-0.25, -0.2) is 18.0 Å². The highest BCUT2D eigenvalue weighted by atomic mass is 19.2. The summed E-state index contributed by atoms with van der Waals surface area (Å²) in [4.78, 5) is 38.5. The summed E-state index contributed by atoms with van der Waals surface area (Å²) in [6.07, 6.45) is 1.16. The molecule has 32 heavy (non-hydrogen) atoms. The number of likely N-dealkylation sites (tertiary alicyclic amines) is 1. The van der Waals surface area contributed by atoms with Gasteiger partial charge >= 0.3 is 6.03 Å². The SMILES string of the molecule is Cc1cccc(NC(=O)N2CCCC(C(=O)NCC(=O)Nc3ccc(F)c(F)c3F)C2)c1. The Labute approximate surface area is 183 Å². The smallest absolute Gasteiger partial charge is 0.321 e. The average Bonchev–Trinajstić information content (AvgIpc) is 2.78. The first-order chi connectivity index (χ1) is 15.2. The van der Waals surface area contributed by atoms with E-state index in [4.69, 9.17) is 0 Å². The van der Waals surface area contributed by atoms with Crippen molar-refractivity contribution < 1.29 is 27.6 Å². The molecule has 2 aromatic carbocycles. The van der Waals surface area contributed by atoms with Crippen molar-refractivity contribution in [2.45, 2.75) is 19.8 Å². The third-order valence-electron chi connectivity index (χ3n) is 5.08. The molecule has 1 atom stereocenters. The minimum atomic E-state index is -1.70. The molecule has 0 saturated carbocycles. The van der Waals surface area contributed by atoms with Crippen molar-refractivity contribution in [2.75, 3.05) is 30.3 Å². The number of rotatable bonds is 5. The maximum Gasteiger partial charge on any atom is 0.321 e. The second-order valence-corrected chi connectivity index (χ2v) is 7.57. The number of nitrogens with one attached hydrogen (secondary N) is 3. The molecule has 2 aromatic rings. The summed E-state index contributed by atoms with van der Waals surface area (Å²) < 4.78 is 39.9. The van der Waals surface area contributed by atoms with Crippen molar-refractivity contribution >= 4 is 29.2 Å². The Hall–Kier alpha value is -3.56. The van der Waals surface area contributed by atoms with Gasteiger partial charge < -0.3 is 20.9 Å². The quantitative estimate of drug-likeness (QED) is 0.613. The standard InChI is InChI=1S/C22H23F3N4O3/c1-13-4-2-6-15(10-13)27-22(32)29-9-3-5-14(12-29)21(31)26-11-18(30)28-17-8-7-16(23)19(24)20(17)25/h2,4,6-8,10,14H,3,5,9,11-12H2,1H3,(H,26,31)(H,27,32)(H,28,30). The Morgan fingerprint density at radius 3 is 2.59 bits per heavy atom. The molecule has 7 nitrogen and oxygen atoms in total. The van der Waals surface area contributed by atoms with E-state index in [2.05, 4.69) is 16.0 Å². The normalized spacial score (nSPS) is 15.8. The van der Waals surface area contributed by atoms with Crippen LogP contribution in [0.3, 0.4) is 0 Å². The van der Waals surface area contributed by atoms with Gasteiger partial charge in [0, 0.05) is 18.8 Å². The first-order valence-corrected chi connectivity index (χ1v) is 10.1. The molecular formula is C22H23F3N4O3. The van der Waals surface area contributed by atoms with Crippen LogP contribution in [0.5, 0.6) is 0 Å². The van der Waals surface area contributed by atoms with Crippen LogP contribution in [0.4, 0.5) is 29.3 Å². The molecule has 0 radical (unpaired) electrons. The molecule has 1 aliphatic heterocycles. The second kappa shape index (κ2) is 10.2. The van der Waals surface area contributed by atoms with Crippen LogP contribution in [0.25, 0.3) is 0 Å². The van der Waals surface area contributed by atoms with E-state index < -0.39 is 47.4 Å². The summed E-state index contributed by atoms with van der Waals surface area (Å²) in [5, 5.41) is 7.32. The third-order valence-corrected chi connectivity index (χ3v) is 5.08. The number of urea groups is 1. The molecule has 0 bridgehead atoms. The van der Waals surface area contributed by atoms with Crippen LogP contribution in [0.15, 0.2) is 36.4 Å². The summed E-state index contributed by atoms with van der Waals surface area (Å²) in [7, 11) is 0. The number of piperidine rings is 1. The lowest BCUT2D eigenvalue weighted by atomic mass is 9.97. The Morgan fingerprint density at radius 2 is 1.84 bits per heavy atom. The zero-order valence-corrected chi connectivity index (χ0v) is 17.4. The third kappa shape index (κ3) is 5.77. The largest absolute Gasteiger partial charge is 0.347 e. The molecule has 10 heteroatoms. The molecule has 1 unspecified atom stereocenters. The van der Waals surface area contributed by atoms with E-state index >= 15 is 0 Å². The highest BCUT2D eigenvalue weighted by molar-refractivity contribution is 5.95. The van der Waals surface area contributed by atoms with E-state index in [0.29, 0.717) is 31.1 Å². The number of amides is 4. The van der Waals surface area contributed by atoms with Crippen molar-refractivity contribution in [1.82, 2.24) is 10.2 Å². The Bertz CT molecular complexity index is 1030. The summed E-state index contributed by atoms with van der Waals surface area (Å²) in [5.41, 5.74) is 1.13. The topological polar surface area (TPSA) is 90.5 Å². The van der Waals surface area contributed by atoms with Gasteiger partial charge in [0.2, 0.25) is 11.8 Å². The molecule has 170 valence electrons. The molecular weight excluding hydrogens is 425 g/mol. The molecule has 1 heterocycles. The molecule has 1 saturated heterocycles. The predicted octanol–water partition coefficient (Wildman–Crippen LogP) is 3.41. The van der Waals surface area contributed by atoms with Crippen LogP contribution in [0.1, 0.15) is 18.4 Å². The predicted molar refractivity (Wildman–Crippen MR) is 112 cm³/mol. The fourth-order valence-electron chi connectivity index (χ4n) is 3.43. The van der Waals surface area contributed by atoms with Crippen molar-refractivity contribution in [2.24, 2.45) is 5.92 Å². The van der Waals surface area contributed by atoms with Crippen molar-refractivity contribution in [1.29, 1.82) is 0 Å². The number of halogens is 3. The van der Waals surface area contributed by atoms with Crippen LogP contribution in [0.2, 0.25) is 0 Å². The van der Waals surface area contributed by atoms with Crippen LogP contribution in [0, 0.1) is 30.3 Å². The molecule has 3 rings (SSSR count). The molecule has 0 spiro atoms. The van der Waals surface area contributed by atoms with Gasteiger partial charge in [-0.05, 0) is 49.6 Å². The molecule has 3 N–H and O–H groups in total. The second-order valence-electron chi connectivity index (χ2n) is 7.57. The van der Waals surface area contributed by atoms with E-state index in [0.717, 1.165) is 11.6 Å². The first kappa shape index (κ1) is 23.1. The van der Waals surface area contributed by atoms with Gasteiger partial charge in [0.15, 0.2) is 17.5 Å². The molecule has 0 aliphatic carbocycles. The van der Waals surface area contributed by atoms with E-state index in [9.17, 15) is 27.6 Å². The Balaban J connectivity index is 1.50. The zero-order chi connectivity index (χ0) is 23.3. The molecule has 1 aliphatic rings. The summed E-state index contributed by atoms with van der Waals surface area (Å²) in [6, 6.07) is 8.60. The van der Waals surface area contributed by atoms with Crippen LogP contribution in [-0.2, 0) is 9.59 Å². The first-order valence-electron chi connectivity index (χ1n) is 10.1. The average molecular weight is 448 g/mol. The van der Waals surface area contributed by atoms with Gasteiger partial charge in [-0.1, -0.05) is 12.1 Å². The zero-order valence-electron chi connectivity index (χ0n) is 17.4. The number of carbonyl (C=O) groups excluding carboxylic acids is 3. The number of hydrogen-bond acceptors (Lipinski definition) is 3. The molecule has 1 fully saturated rings. The van der Waals surface area contributed by atoms with E-state index in [1.165, 1.54) is 4.90 Å².